The summed E-state index contributed by atoms with van der Waals surface area (Å²) in [5, 5.41) is 6.11. The van der Waals surface area contributed by atoms with E-state index in [1.165, 1.54) is 6.07 Å². The minimum atomic E-state index is -0.383. The molecule has 0 fully saturated rings. The summed E-state index contributed by atoms with van der Waals surface area (Å²) >= 11 is 0. The van der Waals surface area contributed by atoms with Gasteiger partial charge in [-0.25, -0.2) is 4.39 Å². The van der Waals surface area contributed by atoms with Crippen molar-refractivity contribution in [2.75, 3.05) is 11.9 Å². The van der Waals surface area contributed by atoms with Crippen molar-refractivity contribution in [2.24, 2.45) is 0 Å². The molecule has 0 radical (unpaired) electrons. The molecular formula is C17H27FN2O. The van der Waals surface area contributed by atoms with E-state index < -0.39 is 0 Å². The molecule has 1 amide bonds. The fraction of sp³-hybridized carbons (Fsp3) is 0.588. The third kappa shape index (κ3) is 4.19. The third-order valence-electron chi connectivity index (χ3n) is 4.22. The van der Waals surface area contributed by atoms with Crippen LogP contribution in [0.2, 0.25) is 0 Å². The van der Waals surface area contributed by atoms with Gasteiger partial charge in [-0.05, 0) is 37.8 Å². The van der Waals surface area contributed by atoms with Gasteiger partial charge in [0.1, 0.15) is 5.82 Å². The monoisotopic (exact) mass is 294 g/mol. The van der Waals surface area contributed by atoms with E-state index in [1.807, 2.05) is 6.92 Å². The number of benzene rings is 1. The second-order valence-electron chi connectivity index (χ2n) is 5.38. The number of rotatable bonds is 8. The van der Waals surface area contributed by atoms with Gasteiger partial charge in [0.25, 0.3) is 5.91 Å². The number of nitrogens with one attached hydrogen (secondary N) is 2. The molecule has 0 aliphatic carbocycles. The van der Waals surface area contributed by atoms with E-state index in [1.54, 1.807) is 12.1 Å². The van der Waals surface area contributed by atoms with Crippen molar-refractivity contribution in [2.45, 2.75) is 58.9 Å². The normalized spacial score (nSPS) is 11.3. The largest absolute Gasteiger partial charge is 0.382 e. The fourth-order valence-corrected chi connectivity index (χ4v) is 2.47. The van der Waals surface area contributed by atoms with Crippen LogP contribution in [-0.4, -0.2) is 18.0 Å². The Morgan fingerprint density at radius 1 is 1.14 bits per heavy atom. The van der Waals surface area contributed by atoms with Gasteiger partial charge in [0.2, 0.25) is 0 Å². The van der Waals surface area contributed by atoms with Crippen molar-refractivity contribution in [3.05, 3.63) is 29.6 Å². The summed E-state index contributed by atoms with van der Waals surface area (Å²) in [5.74, 6) is -0.593. The molecule has 0 saturated heterocycles. The summed E-state index contributed by atoms with van der Waals surface area (Å²) in [5.41, 5.74) is 0.461. The topological polar surface area (TPSA) is 41.1 Å². The smallest absolute Gasteiger partial charge is 0.253 e. The Morgan fingerprint density at radius 3 is 2.29 bits per heavy atom. The van der Waals surface area contributed by atoms with E-state index in [2.05, 4.69) is 31.4 Å². The van der Waals surface area contributed by atoms with E-state index >= 15 is 0 Å². The Hall–Kier alpha value is -1.58. The van der Waals surface area contributed by atoms with Crippen LogP contribution >= 0.6 is 0 Å². The first-order chi connectivity index (χ1) is 10.0. The first-order valence-electron chi connectivity index (χ1n) is 7.88. The van der Waals surface area contributed by atoms with Crippen molar-refractivity contribution < 1.29 is 9.18 Å². The molecule has 1 aromatic rings. The van der Waals surface area contributed by atoms with Gasteiger partial charge >= 0.3 is 0 Å². The van der Waals surface area contributed by atoms with Gasteiger partial charge in [-0.15, -0.1) is 0 Å². The average Bonchev–Trinajstić information content (AvgIpc) is 2.51. The Labute approximate surface area is 127 Å². The maximum Gasteiger partial charge on any atom is 0.253 e. The Balaban J connectivity index is 3.04. The number of amides is 1. The van der Waals surface area contributed by atoms with Gasteiger partial charge in [0.05, 0.1) is 11.3 Å². The van der Waals surface area contributed by atoms with Crippen LogP contribution in [-0.2, 0) is 0 Å². The van der Waals surface area contributed by atoms with Crippen molar-refractivity contribution in [1.82, 2.24) is 5.32 Å². The number of halogens is 1. The summed E-state index contributed by atoms with van der Waals surface area (Å²) in [6.45, 7) is 8.84. The minimum absolute atomic E-state index is 0.210. The number of carbonyl (C=O) groups excluding carboxylic acids is 1. The first kappa shape index (κ1) is 17.5. The second kappa shape index (κ2) is 8.01. The molecule has 1 aromatic carbocycles. The van der Waals surface area contributed by atoms with Gasteiger partial charge in [-0.1, -0.05) is 33.8 Å². The standard InChI is InChI=1S/C17H27FN2O/c1-5-12-19-15-13(10-9-11-14(15)18)16(21)20-17(6-2,7-3)8-4/h9-11,19H,5-8,12H2,1-4H3,(H,20,21). The molecule has 4 heteroatoms. The SMILES string of the molecule is CCCNc1c(F)cccc1C(=O)NC(CC)(CC)CC. The summed E-state index contributed by atoms with van der Waals surface area (Å²) in [4.78, 5) is 12.6. The molecule has 0 aromatic heterocycles. The highest BCUT2D eigenvalue weighted by Crippen LogP contribution is 2.24. The highest BCUT2D eigenvalue weighted by molar-refractivity contribution is 6.00. The molecule has 3 nitrogen and oxygen atoms in total. The Morgan fingerprint density at radius 2 is 1.76 bits per heavy atom. The minimum Gasteiger partial charge on any atom is -0.382 e. The second-order valence-corrected chi connectivity index (χ2v) is 5.38. The molecule has 0 heterocycles. The lowest BCUT2D eigenvalue weighted by molar-refractivity contribution is 0.0888. The van der Waals surface area contributed by atoms with Gasteiger partial charge in [0, 0.05) is 12.1 Å². The van der Waals surface area contributed by atoms with Crippen molar-refractivity contribution >= 4 is 11.6 Å². The lowest BCUT2D eigenvalue weighted by Gasteiger charge is -2.32. The maximum atomic E-state index is 14.0. The summed E-state index contributed by atoms with van der Waals surface area (Å²) in [6, 6.07) is 4.62. The lowest BCUT2D eigenvalue weighted by Crippen LogP contribution is -2.47. The van der Waals surface area contributed by atoms with Gasteiger partial charge < -0.3 is 10.6 Å². The van der Waals surface area contributed by atoms with Crippen LogP contribution < -0.4 is 10.6 Å². The zero-order chi connectivity index (χ0) is 15.9. The van der Waals surface area contributed by atoms with Gasteiger partial charge in [-0.3, -0.25) is 4.79 Å². The van der Waals surface area contributed by atoms with E-state index in [4.69, 9.17) is 0 Å². The maximum absolute atomic E-state index is 14.0. The molecule has 0 spiro atoms. The number of carbonyl (C=O) groups is 1. The van der Waals surface area contributed by atoms with Gasteiger partial charge in [-0.2, -0.15) is 0 Å². The highest BCUT2D eigenvalue weighted by atomic mass is 19.1. The van der Waals surface area contributed by atoms with Crippen LogP contribution in [0, 0.1) is 5.82 Å². The molecule has 118 valence electrons. The van der Waals surface area contributed by atoms with E-state index in [0.717, 1.165) is 25.7 Å². The van der Waals surface area contributed by atoms with Crippen LogP contribution in [0.5, 0.6) is 0 Å². The van der Waals surface area contributed by atoms with Crippen molar-refractivity contribution in [3.8, 4) is 0 Å². The molecule has 21 heavy (non-hydrogen) atoms. The van der Waals surface area contributed by atoms with Crippen LogP contribution in [0.3, 0.4) is 0 Å². The first-order valence-corrected chi connectivity index (χ1v) is 7.88. The number of hydrogen-bond donors (Lipinski definition) is 2. The zero-order valence-corrected chi connectivity index (χ0v) is 13.6. The molecule has 0 atom stereocenters. The summed E-state index contributed by atoms with van der Waals surface area (Å²) < 4.78 is 14.0. The van der Waals surface area contributed by atoms with Crippen LogP contribution in [0.25, 0.3) is 0 Å². The van der Waals surface area contributed by atoms with E-state index in [-0.39, 0.29) is 17.3 Å². The zero-order valence-electron chi connectivity index (χ0n) is 13.6. The molecule has 2 N–H and O–H groups in total. The van der Waals surface area contributed by atoms with Crippen LogP contribution in [0.4, 0.5) is 10.1 Å². The molecule has 0 saturated carbocycles. The summed E-state index contributed by atoms with van der Waals surface area (Å²) in [7, 11) is 0. The number of hydrogen-bond acceptors (Lipinski definition) is 2. The predicted octanol–water partition coefficient (Wildman–Crippen LogP) is 4.35. The predicted molar refractivity (Wildman–Crippen MR) is 86.3 cm³/mol. The van der Waals surface area contributed by atoms with E-state index in [0.29, 0.717) is 17.8 Å². The molecular weight excluding hydrogens is 267 g/mol. The molecule has 0 aliphatic rings. The van der Waals surface area contributed by atoms with Gasteiger partial charge in [0.15, 0.2) is 0 Å². The van der Waals surface area contributed by atoms with E-state index in [9.17, 15) is 9.18 Å². The van der Waals surface area contributed by atoms with Crippen molar-refractivity contribution in [1.29, 1.82) is 0 Å². The lowest BCUT2D eigenvalue weighted by atomic mass is 9.89. The Kier molecular flexibility index (Phi) is 6.66. The quantitative estimate of drug-likeness (QED) is 0.748. The third-order valence-corrected chi connectivity index (χ3v) is 4.22. The average molecular weight is 294 g/mol. The number of para-hydroxylation sites is 1. The van der Waals surface area contributed by atoms with Crippen LogP contribution in [0.1, 0.15) is 63.7 Å². The molecule has 0 unspecified atom stereocenters. The van der Waals surface area contributed by atoms with Crippen molar-refractivity contribution in [3.63, 3.8) is 0 Å². The molecule has 0 aliphatic heterocycles. The highest BCUT2D eigenvalue weighted by Gasteiger charge is 2.27. The fourth-order valence-electron chi connectivity index (χ4n) is 2.47. The Bertz CT molecular complexity index is 462. The summed E-state index contributed by atoms with van der Waals surface area (Å²) in [6.07, 6.45) is 3.45. The number of anilines is 1. The molecule has 0 bridgehead atoms. The van der Waals surface area contributed by atoms with Crippen LogP contribution in [0.15, 0.2) is 18.2 Å². The molecule has 1 rings (SSSR count).